The van der Waals surface area contributed by atoms with Crippen molar-refractivity contribution in [3.05, 3.63) is 22.8 Å². The fourth-order valence-electron chi connectivity index (χ4n) is 1.17. The molecule has 0 aromatic carbocycles. The standard InChI is InChI=1S/C10H13ClN4/c1-13-5-6-15(2)10-9(11)8(7-12)3-4-14-10/h3-4,13H,5-6H2,1-2H3. The van der Waals surface area contributed by atoms with Crippen LogP contribution in [0.4, 0.5) is 5.82 Å². The largest absolute Gasteiger partial charge is 0.357 e. The van der Waals surface area contributed by atoms with Crippen LogP contribution in [-0.4, -0.2) is 32.2 Å². The first-order valence-corrected chi connectivity index (χ1v) is 4.98. The summed E-state index contributed by atoms with van der Waals surface area (Å²) in [6, 6.07) is 3.64. The molecule has 80 valence electrons. The molecule has 0 unspecified atom stereocenters. The van der Waals surface area contributed by atoms with E-state index in [1.807, 2.05) is 25.1 Å². The first kappa shape index (κ1) is 11.8. The molecule has 0 aliphatic carbocycles. The van der Waals surface area contributed by atoms with Crippen molar-refractivity contribution in [1.82, 2.24) is 10.3 Å². The molecular formula is C10H13ClN4. The molecule has 1 aromatic rings. The minimum absolute atomic E-state index is 0.415. The molecule has 1 rings (SSSR count). The summed E-state index contributed by atoms with van der Waals surface area (Å²) in [6.07, 6.45) is 1.59. The number of hydrogen-bond donors (Lipinski definition) is 1. The van der Waals surface area contributed by atoms with Crippen LogP contribution in [0, 0.1) is 11.3 Å². The molecule has 1 N–H and O–H groups in total. The van der Waals surface area contributed by atoms with Crippen molar-refractivity contribution in [2.75, 3.05) is 32.1 Å². The summed E-state index contributed by atoms with van der Waals surface area (Å²) in [7, 11) is 3.78. The lowest BCUT2D eigenvalue weighted by atomic mass is 10.3. The number of halogens is 1. The highest BCUT2D eigenvalue weighted by Gasteiger charge is 2.10. The predicted molar refractivity (Wildman–Crippen MR) is 61.2 cm³/mol. The summed E-state index contributed by atoms with van der Waals surface area (Å²) in [4.78, 5) is 6.07. The van der Waals surface area contributed by atoms with Gasteiger partial charge in [0.1, 0.15) is 16.9 Å². The molecule has 15 heavy (non-hydrogen) atoms. The molecule has 4 nitrogen and oxygen atoms in total. The molecule has 0 atom stereocenters. The number of rotatable bonds is 4. The highest BCUT2D eigenvalue weighted by molar-refractivity contribution is 6.34. The normalized spacial score (nSPS) is 9.73. The van der Waals surface area contributed by atoms with Gasteiger partial charge in [0.25, 0.3) is 0 Å². The van der Waals surface area contributed by atoms with Crippen LogP contribution in [0.5, 0.6) is 0 Å². The van der Waals surface area contributed by atoms with E-state index >= 15 is 0 Å². The minimum atomic E-state index is 0.415. The predicted octanol–water partition coefficient (Wildman–Crippen LogP) is 1.26. The van der Waals surface area contributed by atoms with E-state index in [1.54, 1.807) is 12.3 Å². The average molecular weight is 225 g/mol. The number of nitrogens with zero attached hydrogens (tertiary/aromatic N) is 3. The number of nitriles is 1. The number of hydrogen-bond acceptors (Lipinski definition) is 4. The van der Waals surface area contributed by atoms with Crippen molar-refractivity contribution in [3.63, 3.8) is 0 Å². The maximum atomic E-state index is 8.81. The summed E-state index contributed by atoms with van der Waals surface area (Å²) >= 11 is 6.04. The first-order chi connectivity index (χ1) is 7.20. The number of anilines is 1. The second kappa shape index (κ2) is 5.54. The van der Waals surface area contributed by atoms with E-state index in [-0.39, 0.29) is 0 Å². The quantitative estimate of drug-likeness (QED) is 0.837. The van der Waals surface area contributed by atoms with Gasteiger partial charge >= 0.3 is 0 Å². The Bertz CT molecular complexity index is 372. The highest BCUT2D eigenvalue weighted by atomic mass is 35.5. The molecule has 0 spiro atoms. The van der Waals surface area contributed by atoms with Crippen LogP contribution < -0.4 is 10.2 Å². The van der Waals surface area contributed by atoms with Gasteiger partial charge in [0.2, 0.25) is 0 Å². The Kier molecular flexibility index (Phi) is 4.35. The third-order valence-electron chi connectivity index (χ3n) is 2.05. The Balaban J connectivity index is 2.90. The van der Waals surface area contributed by atoms with E-state index in [9.17, 15) is 0 Å². The van der Waals surface area contributed by atoms with Gasteiger partial charge in [-0.2, -0.15) is 5.26 Å². The Morgan fingerprint density at radius 1 is 1.67 bits per heavy atom. The van der Waals surface area contributed by atoms with Gasteiger partial charge in [-0.15, -0.1) is 0 Å². The summed E-state index contributed by atoms with van der Waals surface area (Å²) in [6.45, 7) is 1.63. The maximum Gasteiger partial charge on any atom is 0.148 e. The molecule has 0 radical (unpaired) electrons. The molecule has 1 aromatic heterocycles. The average Bonchev–Trinajstić information content (AvgIpc) is 2.26. The van der Waals surface area contributed by atoms with Crippen molar-refractivity contribution in [3.8, 4) is 6.07 Å². The van der Waals surface area contributed by atoms with Gasteiger partial charge in [0, 0.05) is 26.3 Å². The minimum Gasteiger partial charge on any atom is -0.357 e. The number of likely N-dealkylation sites (N-methyl/N-ethyl adjacent to an activating group) is 2. The molecule has 1 heterocycles. The molecule has 0 aliphatic heterocycles. The lowest BCUT2D eigenvalue weighted by Crippen LogP contribution is -2.28. The van der Waals surface area contributed by atoms with Crippen LogP contribution in [-0.2, 0) is 0 Å². The zero-order chi connectivity index (χ0) is 11.3. The third kappa shape index (κ3) is 2.82. The zero-order valence-electron chi connectivity index (χ0n) is 8.79. The van der Waals surface area contributed by atoms with E-state index in [0.29, 0.717) is 16.4 Å². The van der Waals surface area contributed by atoms with Crippen molar-refractivity contribution < 1.29 is 0 Å². The molecule has 0 saturated carbocycles. The van der Waals surface area contributed by atoms with E-state index in [4.69, 9.17) is 16.9 Å². The summed E-state index contributed by atoms with van der Waals surface area (Å²) in [5.41, 5.74) is 0.456. The van der Waals surface area contributed by atoms with E-state index in [0.717, 1.165) is 13.1 Å². The van der Waals surface area contributed by atoms with Crippen LogP contribution in [0.15, 0.2) is 12.3 Å². The first-order valence-electron chi connectivity index (χ1n) is 4.61. The fourth-order valence-corrected chi connectivity index (χ4v) is 1.47. The van der Waals surface area contributed by atoms with Crippen molar-refractivity contribution in [2.24, 2.45) is 0 Å². The molecule has 5 heteroatoms. The highest BCUT2D eigenvalue weighted by Crippen LogP contribution is 2.24. The van der Waals surface area contributed by atoms with E-state index < -0.39 is 0 Å². The van der Waals surface area contributed by atoms with Gasteiger partial charge in [0.15, 0.2) is 0 Å². The van der Waals surface area contributed by atoms with Gasteiger partial charge in [-0.25, -0.2) is 4.98 Å². The van der Waals surface area contributed by atoms with Crippen LogP contribution in [0.2, 0.25) is 5.02 Å². The molecule has 0 fully saturated rings. The van der Waals surface area contributed by atoms with Gasteiger partial charge in [0.05, 0.1) is 5.56 Å². The Labute approximate surface area is 94.5 Å². The summed E-state index contributed by atoms with van der Waals surface area (Å²) < 4.78 is 0. The maximum absolute atomic E-state index is 8.81. The van der Waals surface area contributed by atoms with E-state index in [1.165, 1.54) is 0 Å². The van der Waals surface area contributed by atoms with Gasteiger partial charge < -0.3 is 10.2 Å². The molecule has 0 amide bonds. The second-order valence-electron chi connectivity index (χ2n) is 3.13. The number of pyridine rings is 1. The number of nitrogens with one attached hydrogen (secondary N) is 1. The van der Waals surface area contributed by atoms with Crippen LogP contribution in [0.3, 0.4) is 0 Å². The van der Waals surface area contributed by atoms with Crippen molar-refractivity contribution >= 4 is 17.4 Å². The summed E-state index contributed by atoms with van der Waals surface area (Å²) in [5, 5.41) is 12.3. The monoisotopic (exact) mass is 224 g/mol. The lowest BCUT2D eigenvalue weighted by Gasteiger charge is -2.19. The molecular weight excluding hydrogens is 212 g/mol. The second-order valence-corrected chi connectivity index (χ2v) is 3.51. The third-order valence-corrected chi connectivity index (χ3v) is 2.42. The van der Waals surface area contributed by atoms with Crippen molar-refractivity contribution in [1.29, 1.82) is 5.26 Å². The SMILES string of the molecule is CNCCN(C)c1nccc(C#N)c1Cl. The Morgan fingerprint density at radius 3 is 3.00 bits per heavy atom. The van der Waals surface area contributed by atoms with Crippen molar-refractivity contribution in [2.45, 2.75) is 0 Å². The fraction of sp³-hybridized carbons (Fsp3) is 0.400. The molecule has 0 bridgehead atoms. The number of aromatic nitrogens is 1. The van der Waals surface area contributed by atoms with Crippen LogP contribution >= 0.6 is 11.6 Å². The van der Waals surface area contributed by atoms with E-state index in [2.05, 4.69) is 10.3 Å². The van der Waals surface area contributed by atoms with Gasteiger partial charge in [-0.1, -0.05) is 11.6 Å². The zero-order valence-corrected chi connectivity index (χ0v) is 9.54. The topological polar surface area (TPSA) is 52.0 Å². The smallest absolute Gasteiger partial charge is 0.148 e. The lowest BCUT2D eigenvalue weighted by molar-refractivity contribution is 0.761. The Hall–Kier alpha value is -1.31. The van der Waals surface area contributed by atoms with Gasteiger partial charge in [-0.3, -0.25) is 0 Å². The van der Waals surface area contributed by atoms with Crippen LogP contribution in [0.25, 0.3) is 0 Å². The molecule has 0 saturated heterocycles. The molecule has 0 aliphatic rings. The van der Waals surface area contributed by atoms with Crippen LogP contribution in [0.1, 0.15) is 5.56 Å². The van der Waals surface area contributed by atoms with Gasteiger partial charge in [-0.05, 0) is 13.1 Å². The summed E-state index contributed by atoms with van der Waals surface area (Å²) in [5.74, 6) is 0.644. The Morgan fingerprint density at radius 2 is 2.40 bits per heavy atom.